The van der Waals surface area contributed by atoms with Crippen molar-refractivity contribution in [1.29, 1.82) is 0 Å². The van der Waals surface area contributed by atoms with Gasteiger partial charge in [-0.05, 0) is 24.3 Å². The molecule has 1 aliphatic heterocycles. The van der Waals surface area contributed by atoms with E-state index in [0.717, 1.165) is 22.0 Å². The number of benzene rings is 2. The molecule has 2 N–H and O–H groups in total. The van der Waals surface area contributed by atoms with Crippen molar-refractivity contribution in [2.75, 3.05) is 35.6 Å². The molecule has 0 unspecified atom stereocenters. The van der Waals surface area contributed by atoms with Gasteiger partial charge in [0.2, 0.25) is 11.8 Å². The number of hydrogen-bond acceptors (Lipinski definition) is 6. The molecule has 0 saturated carbocycles. The number of hydrogen-bond donors (Lipinski definition) is 2. The number of rotatable bonds is 8. The Balaban J connectivity index is 1.37. The first-order chi connectivity index (χ1) is 14.0. The van der Waals surface area contributed by atoms with Gasteiger partial charge in [-0.3, -0.25) is 19.7 Å². The molecule has 8 nitrogen and oxygen atoms in total. The van der Waals surface area contributed by atoms with E-state index in [1.807, 2.05) is 24.3 Å². The topological polar surface area (TPSA) is 105 Å². The lowest BCUT2D eigenvalue weighted by molar-refractivity contribution is -0.384. The summed E-state index contributed by atoms with van der Waals surface area (Å²) in [6, 6.07) is 13.9. The maximum absolute atomic E-state index is 12.5. The molecule has 1 aliphatic rings. The predicted molar refractivity (Wildman–Crippen MR) is 113 cm³/mol. The van der Waals surface area contributed by atoms with Crippen LogP contribution in [0.4, 0.5) is 17.1 Å². The summed E-state index contributed by atoms with van der Waals surface area (Å²) in [5.41, 5.74) is 1.69. The highest BCUT2D eigenvalue weighted by Crippen LogP contribution is 2.34. The third kappa shape index (κ3) is 5.71. The largest absolute Gasteiger partial charge is 0.383 e. The lowest BCUT2D eigenvalue weighted by Gasteiger charge is -2.29. The van der Waals surface area contributed by atoms with Crippen LogP contribution < -0.4 is 15.5 Å². The van der Waals surface area contributed by atoms with Crippen LogP contribution in [0.3, 0.4) is 0 Å². The van der Waals surface area contributed by atoms with Gasteiger partial charge in [0.05, 0.1) is 10.6 Å². The molecule has 0 spiro atoms. The van der Waals surface area contributed by atoms with Crippen LogP contribution in [0.5, 0.6) is 0 Å². The third-order valence-corrected chi connectivity index (χ3v) is 5.49. The molecule has 0 aromatic heterocycles. The Bertz CT molecular complexity index is 888. The Morgan fingerprint density at radius 3 is 2.59 bits per heavy atom. The standard InChI is InChI=1S/C20H22N4O4S/c25-19(22-12-11-21-15-5-7-16(8-6-15)24(27)28)9-10-20(26)23-13-14-29-18-4-2-1-3-17(18)23/h1-8,21H,9-14H2,(H,22,25). The van der Waals surface area contributed by atoms with E-state index in [2.05, 4.69) is 10.6 Å². The van der Waals surface area contributed by atoms with Gasteiger partial charge in [0.15, 0.2) is 0 Å². The van der Waals surface area contributed by atoms with E-state index in [0.29, 0.717) is 19.6 Å². The molecule has 1 heterocycles. The molecule has 0 atom stereocenters. The van der Waals surface area contributed by atoms with Gasteiger partial charge in [-0.15, -0.1) is 11.8 Å². The van der Waals surface area contributed by atoms with E-state index >= 15 is 0 Å². The number of amides is 2. The zero-order valence-electron chi connectivity index (χ0n) is 15.8. The molecule has 2 amide bonds. The molecule has 0 aliphatic carbocycles. The molecule has 152 valence electrons. The smallest absolute Gasteiger partial charge is 0.269 e. The maximum atomic E-state index is 12.5. The molecule has 0 saturated heterocycles. The van der Waals surface area contributed by atoms with E-state index in [4.69, 9.17) is 0 Å². The fraction of sp³-hybridized carbons (Fsp3) is 0.300. The third-order valence-electron chi connectivity index (χ3n) is 4.45. The quantitative estimate of drug-likeness (QED) is 0.391. The molecule has 0 fully saturated rings. The van der Waals surface area contributed by atoms with E-state index in [9.17, 15) is 19.7 Å². The number of anilines is 2. The average Bonchev–Trinajstić information content (AvgIpc) is 2.75. The van der Waals surface area contributed by atoms with Gasteiger partial charge in [-0.1, -0.05) is 12.1 Å². The Morgan fingerprint density at radius 1 is 1.07 bits per heavy atom. The number of nitrogens with zero attached hydrogens (tertiary/aromatic N) is 2. The molecular formula is C20H22N4O4S. The maximum Gasteiger partial charge on any atom is 0.269 e. The van der Waals surface area contributed by atoms with Crippen molar-refractivity contribution < 1.29 is 14.5 Å². The number of para-hydroxylation sites is 1. The van der Waals surface area contributed by atoms with Crippen LogP contribution >= 0.6 is 11.8 Å². The highest BCUT2D eigenvalue weighted by molar-refractivity contribution is 7.99. The number of thioether (sulfide) groups is 1. The molecule has 0 radical (unpaired) electrons. The molecule has 2 aromatic carbocycles. The number of carbonyl (C=O) groups is 2. The van der Waals surface area contributed by atoms with Crippen molar-refractivity contribution in [2.45, 2.75) is 17.7 Å². The monoisotopic (exact) mass is 414 g/mol. The molecule has 29 heavy (non-hydrogen) atoms. The van der Waals surface area contributed by atoms with E-state index < -0.39 is 4.92 Å². The summed E-state index contributed by atoms with van der Waals surface area (Å²) in [5, 5.41) is 16.5. The van der Waals surface area contributed by atoms with Crippen LogP contribution in [0.1, 0.15) is 12.8 Å². The highest BCUT2D eigenvalue weighted by Gasteiger charge is 2.22. The Hall–Kier alpha value is -3.07. The summed E-state index contributed by atoms with van der Waals surface area (Å²) >= 11 is 1.73. The number of nitro groups is 1. The van der Waals surface area contributed by atoms with Crippen LogP contribution in [0.25, 0.3) is 0 Å². The lowest BCUT2D eigenvalue weighted by Crippen LogP contribution is -2.36. The van der Waals surface area contributed by atoms with Gasteiger partial charge in [-0.25, -0.2) is 0 Å². The van der Waals surface area contributed by atoms with Crippen molar-refractivity contribution in [3.63, 3.8) is 0 Å². The zero-order valence-corrected chi connectivity index (χ0v) is 16.6. The summed E-state index contributed by atoms with van der Waals surface area (Å²) < 4.78 is 0. The Kier molecular flexibility index (Phi) is 7.07. The average molecular weight is 414 g/mol. The van der Waals surface area contributed by atoms with E-state index in [-0.39, 0.29) is 30.3 Å². The fourth-order valence-electron chi connectivity index (χ4n) is 2.98. The van der Waals surface area contributed by atoms with Gasteiger partial charge in [0.1, 0.15) is 0 Å². The van der Waals surface area contributed by atoms with Crippen molar-refractivity contribution >= 4 is 40.6 Å². The molecule has 3 rings (SSSR count). The van der Waals surface area contributed by atoms with Crippen molar-refractivity contribution in [1.82, 2.24) is 5.32 Å². The van der Waals surface area contributed by atoms with Crippen molar-refractivity contribution in [2.24, 2.45) is 0 Å². The van der Waals surface area contributed by atoms with Crippen LogP contribution in [-0.2, 0) is 9.59 Å². The first-order valence-electron chi connectivity index (χ1n) is 9.32. The van der Waals surface area contributed by atoms with Crippen molar-refractivity contribution in [3.8, 4) is 0 Å². The van der Waals surface area contributed by atoms with Gasteiger partial charge in [-0.2, -0.15) is 0 Å². The second-order valence-electron chi connectivity index (χ2n) is 6.44. The Morgan fingerprint density at radius 2 is 1.83 bits per heavy atom. The molecule has 2 aromatic rings. The predicted octanol–water partition coefficient (Wildman–Crippen LogP) is 3.04. The van der Waals surface area contributed by atoms with Crippen LogP contribution in [0.2, 0.25) is 0 Å². The summed E-state index contributed by atoms with van der Waals surface area (Å²) in [4.78, 5) is 37.6. The number of carbonyl (C=O) groups excluding carboxylic acids is 2. The van der Waals surface area contributed by atoms with Crippen LogP contribution in [-0.4, -0.2) is 42.1 Å². The van der Waals surface area contributed by atoms with Gasteiger partial charge in [0, 0.05) is 60.9 Å². The van der Waals surface area contributed by atoms with Crippen LogP contribution in [0.15, 0.2) is 53.4 Å². The minimum Gasteiger partial charge on any atom is -0.383 e. The summed E-state index contributed by atoms with van der Waals surface area (Å²) in [5.74, 6) is 0.629. The lowest BCUT2D eigenvalue weighted by atomic mass is 10.2. The van der Waals surface area contributed by atoms with Crippen molar-refractivity contribution in [3.05, 3.63) is 58.6 Å². The Labute approximate surface area is 172 Å². The first kappa shape index (κ1) is 20.7. The summed E-state index contributed by atoms with van der Waals surface area (Å²) in [6.45, 7) is 1.53. The minimum atomic E-state index is -0.452. The second-order valence-corrected chi connectivity index (χ2v) is 7.58. The van der Waals surface area contributed by atoms with Gasteiger partial charge < -0.3 is 15.5 Å². The summed E-state index contributed by atoms with van der Waals surface area (Å²) in [7, 11) is 0. The van der Waals surface area contributed by atoms with Crippen LogP contribution in [0, 0.1) is 10.1 Å². The number of non-ortho nitro benzene ring substituents is 1. The highest BCUT2D eigenvalue weighted by atomic mass is 32.2. The van der Waals surface area contributed by atoms with E-state index in [1.165, 1.54) is 12.1 Å². The van der Waals surface area contributed by atoms with E-state index in [1.54, 1.807) is 28.8 Å². The molecule has 0 bridgehead atoms. The second kappa shape index (κ2) is 9.92. The normalized spacial score (nSPS) is 12.8. The minimum absolute atomic E-state index is 0.0310. The fourth-order valence-corrected chi connectivity index (χ4v) is 3.98. The van der Waals surface area contributed by atoms with Gasteiger partial charge in [0.25, 0.3) is 5.69 Å². The SMILES string of the molecule is O=C(CCC(=O)N1CCSc2ccccc21)NCCNc1ccc([N+](=O)[O-])cc1. The number of fused-ring (bicyclic) bond motifs is 1. The first-order valence-corrected chi connectivity index (χ1v) is 10.3. The van der Waals surface area contributed by atoms with Gasteiger partial charge >= 0.3 is 0 Å². The number of nitro benzene ring substituents is 1. The summed E-state index contributed by atoms with van der Waals surface area (Å²) in [6.07, 6.45) is 0.308. The zero-order chi connectivity index (χ0) is 20.6. The molecular weight excluding hydrogens is 392 g/mol. The number of nitrogens with one attached hydrogen (secondary N) is 2. The molecule has 9 heteroatoms.